The third-order valence-electron chi connectivity index (χ3n) is 10.2. The molecule has 244 valence electrons. The van der Waals surface area contributed by atoms with Crippen LogP contribution < -0.4 is 25.2 Å². The number of methoxy groups -OCH3 is 1. The third-order valence-corrected chi connectivity index (χ3v) is 10.2. The molecule has 1 saturated heterocycles. The van der Waals surface area contributed by atoms with Gasteiger partial charge in [-0.3, -0.25) is 14.5 Å². The number of rotatable bonds is 10. The minimum Gasteiger partial charge on any atom is -0.495 e. The first-order valence-electron chi connectivity index (χ1n) is 17.0. The standard InChI is InChI=1S/C35H51N7O3/c1-6-29-35(44)39(4)30-15-16-32(38-33(30)42(29)23(2)3)37-28-14-9-25(21-31(28)45-5)34(43)36-26-10-12-27(13-11-26)41-19-17-40(18-20-41)22-24-7-8-24/h9,14-16,21,23-24,26-27,29H,6-8,10-13,17-20,22H2,1-5H3,(H,36,43)(H,37,38). The zero-order valence-electron chi connectivity index (χ0n) is 27.7. The van der Waals surface area contributed by atoms with Crippen molar-refractivity contribution in [2.45, 2.75) is 89.9 Å². The highest BCUT2D eigenvalue weighted by Crippen LogP contribution is 2.38. The predicted molar refractivity (Wildman–Crippen MR) is 180 cm³/mol. The maximum Gasteiger partial charge on any atom is 0.251 e. The summed E-state index contributed by atoms with van der Waals surface area (Å²) in [5.74, 6) is 3.00. The van der Waals surface area contributed by atoms with Gasteiger partial charge in [0.25, 0.3) is 5.91 Å². The van der Waals surface area contributed by atoms with Crippen molar-refractivity contribution in [3.63, 3.8) is 0 Å². The number of hydrogen-bond acceptors (Lipinski definition) is 8. The fourth-order valence-corrected chi connectivity index (χ4v) is 7.45. The van der Waals surface area contributed by atoms with Crippen LogP contribution in [-0.2, 0) is 4.79 Å². The van der Waals surface area contributed by atoms with E-state index in [1.807, 2.05) is 38.2 Å². The molecule has 0 radical (unpaired) electrons. The Labute approximate surface area is 268 Å². The zero-order valence-corrected chi connectivity index (χ0v) is 27.7. The van der Waals surface area contributed by atoms with Crippen molar-refractivity contribution in [1.29, 1.82) is 0 Å². The number of amides is 2. The Balaban J connectivity index is 1.06. The highest BCUT2D eigenvalue weighted by molar-refractivity contribution is 6.04. The van der Waals surface area contributed by atoms with Gasteiger partial charge in [0.2, 0.25) is 5.91 Å². The van der Waals surface area contributed by atoms with Gasteiger partial charge < -0.3 is 30.1 Å². The van der Waals surface area contributed by atoms with Crippen LogP contribution in [0.15, 0.2) is 30.3 Å². The number of carbonyl (C=O) groups excluding carboxylic acids is 2. The molecule has 3 fully saturated rings. The molecule has 10 nitrogen and oxygen atoms in total. The topological polar surface area (TPSA) is 93.3 Å². The Bertz CT molecular complexity index is 1360. The van der Waals surface area contributed by atoms with E-state index < -0.39 is 0 Å². The van der Waals surface area contributed by atoms with Crippen LogP contribution in [0, 0.1) is 5.92 Å². The van der Waals surface area contributed by atoms with Crippen LogP contribution >= 0.6 is 0 Å². The molecule has 45 heavy (non-hydrogen) atoms. The number of likely N-dealkylation sites (N-methyl/N-ethyl adjacent to an activating group) is 1. The molecule has 10 heteroatoms. The van der Waals surface area contributed by atoms with Crippen LogP contribution in [0.1, 0.15) is 76.1 Å². The molecule has 2 aliphatic carbocycles. The summed E-state index contributed by atoms with van der Waals surface area (Å²) in [6, 6.07) is 10.0. The summed E-state index contributed by atoms with van der Waals surface area (Å²) in [7, 11) is 3.43. The fourth-order valence-electron chi connectivity index (χ4n) is 7.45. The molecule has 1 unspecified atom stereocenters. The number of carbonyl (C=O) groups is 2. The number of anilines is 4. The molecule has 0 spiro atoms. The minimum atomic E-state index is -0.250. The molecule has 1 atom stereocenters. The number of hydrogen-bond donors (Lipinski definition) is 2. The largest absolute Gasteiger partial charge is 0.495 e. The number of nitrogens with one attached hydrogen (secondary N) is 2. The molecule has 2 aromatic rings. The molecule has 2 saturated carbocycles. The Morgan fingerprint density at radius 2 is 1.76 bits per heavy atom. The summed E-state index contributed by atoms with van der Waals surface area (Å²) in [4.78, 5) is 40.4. The second-order valence-corrected chi connectivity index (χ2v) is 13.7. The Morgan fingerprint density at radius 3 is 2.40 bits per heavy atom. The molecule has 2 amide bonds. The summed E-state index contributed by atoms with van der Waals surface area (Å²) in [5.41, 5.74) is 2.10. The summed E-state index contributed by atoms with van der Waals surface area (Å²) < 4.78 is 5.71. The van der Waals surface area contributed by atoms with E-state index in [2.05, 4.69) is 39.2 Å². The quantitative estimate of drug-likeness (QED) is 0.390. The van der Waals surface area contributed by atoms with E-state index in [4.69, 9.17) is 9.72 Å². The maximum atomic E-state index is 13.3. The first-order valence-corrected chi connectivity index (χ1v) is 17.0. The lowest BCUT2D eigenvalue weighted by atomic mass is 9.89. The molecule has 1 aromatic heterocycles. The lowest BCUT2D eigenvalue weighted by Crippen LogP contribution is -2.54. The SMILES string of the molecule is CCC1C(=O)N(C)c2ccc(Nc3ccc(C(=O)NC4CCC(N5CCN(CC6CC6)CC5)CC4)cc3OC)nc2N1C(C)C. The monoisotopic (exact) mass is 617 g/mol. The average Bonchev–Trinajstić information content (AvgIpc) is 3.87. The fraction of sp³-hybridized carbons (Fsp3) is 0.629. The van der Waals surface area contributed by atoms with Gasteiger partial charge in [-0.2, -0.15) is 0 Å². The van der Waals surface area contributed by atoms with E-state index >= 15 is 0 Å². The van der Waals surface area contributed by atoms with Crippen LogP contribution in [0.25, 0.3) is 0 Å². The van der Waals surface area contributed by atoms with Crippen molar-refractivity contribution in [3.05, 3.63) is 35.9 Å². The van der Waals surface area contributed by atoms with Gasteiger partial charge in [0.15, 0.2) is 5.82 Å². The van der Waals surface area contributed by atoms with Crippen molar-refractivity contribution in [3.8, 4) is 5.75 Å². The number of pyridine rings is 1. The normalized spacial score (nSPS) is 24.5. The van der Waals surface area contributed by atoms with Crippen LogP contribution in [0.3, 0.4) is 0 Å². The summed E-state index contributed by atoms with van der Waals surface area (Å²) >= 11 is 0. The van der Waals surface area contributed by atoms with E-state index in [0.29, 0.717) is 29.6 Å². The molecule has 6 rings (SSSR count). The smallest absolute Gasteiger partial charge is 0.251 e. The lowest BCUT2D eigenvalue weighted by Gasteiger charge is -2.42. The van der Waals surface area contributed by atoms with Gasteiger partial charge in [-0.1, -0.05) is 6.92 Å². The lowest BCUT2D eigenvalue weighted by molar-refractivity contribution is -0.120. The summed E-state index contributed by atoms with van der Waals surface area (Å²) in [6.45, 7) is 12.3. The summed E-state index contributed by atoms with van der Waals surface area (Å²) in [6.07, 6.45) is 7.89. The minimum absolute atomic E-state index is 0.0604. The number of benzene rings is 1. The Hall–Kier alpha value is -3.37. The van der Waals surface area contributed by atoms with Gasteiger partial charge >= 0.3 is 0 Å². The molecule has 3 heterocycles. The molecule has 0 bridgehead atoms. The van der Waals surface area contributed by atoms with Crippen molar-refractivity contribution >= 4 is 34.8 Å². The molecule has 2 aliphatic heterocycles. The van der Waals surface area contributed by atoms with Crippen LogP contribution in [0.4, 0.5) is 23.0 Å². The van der Waals surface area contributed by atoms with Crippen LogP contribution in [0.2, 0.25) is 0 Å². The number of fused-ring (bicyclic) bond motifs is 1. The molecule has 1 aromatic carbocycles. The zero-order chi connectivity index (χ0) is 31.7. The summed E-state index contributed by atoms with van der Waals surface area (Å²) in [5, 5.41) is 6.67. The molecule has 2 N–H and O–H groups in total. The van der Waals surface area contributed by atoms with Crippen molar-refractivity contribution < 1.29 is 14.3 Å². The van der Waals surface area contributed by atoms with Gasteiger partial charge in [0.05, 0.1) is 18.5 Å². The third kappa shape index (κ3) is 6.92. The molecular weight excluding hydrogens is 566 g/mol. The number of piperazine rings is 1. The highest BCUT2D eigenvalue weighted by atomic mass is 16.5. The van der Waals surface area contributed by atoms with E-state index in [1.165, 1.54) is 45.6 Å². The van der Waals surface area contributed by atoms with Gasteiger partial charge in [0, 0.05) is 63.5 Å². The van der Waals surface area contributed by atoms with Gasteiger partial charge in [-0.05, 0) is 95.0 Å². The van der Waals surface area contributed by atoms with Crippen LogP contribution in [-0.4, -0.2) is 97.6 Å². The highest BCUT2D eigenvalue weighted by Gasteiger charge is 2.38. The maximum absolute atomic E-state index is 13.3. The van der Waals surface area contributed by atoms with Crippen LogP contribution in [0.5, 0.6) is 5.75 Å². The van der Waals surface area contributed by atoms with Gasteiger partial charge in [-0.25, -0.2) is 4.98 Å². The van der Waals surface area contributed by atoms with Crippen molar-refractivity contribution in [2.75, 3.05) is 62.0 Å². The Kier molecular flexibility index (Phi) is 9.52. The predicted octanol–water partition coefficient (Wildman–Crippen LogP) is 4.87. The van der Waals surface area contributed by atoms with E-state index in [-0.39, 0.29) is 29.9 Å². The Morgan fingerprint density at radius 1 is 1.02 bits per heavy atom. The number of ether oxygens (including phenoxy) is 1. The van der Waals surface area contributed by atoms with Crippen molar-refractivity contribution in [2.24, 2.45) is 5.92 Å². The molecule has 4 aliphatic rings. The number of aromatic nitrogens is 1. The first-order chi connectivity index (χ1) is 21.7. The van der Waals surface area contributed by atoms with Gasteiger partial charge in [0.1, 0.15) is 17.6 Å². The number of nitrogens with zero attached hydrogens (tertiary/aromatic N) is 5. The molecular formula is C35H51N7O3. The second kappa shape index (κ2) is 13.5. The van der Waals surface area contributed by atoms with E-state index in [0.717, 1.165) is 48.8 Å². The second-order valence-electron chi connectivity index (χ2n) is 13.7. The van der Waals surface area contributed by atoms with E-state index in [1.54, 1.807) is 18.1 Å². The first kappa shape index (κ1) is 31.6. The van der Waals surface area contributed by atoms with E-state index in [9.17, 15) is 9.59 Å². The van der Waals surface area contributed by atoms with Gasteiger partial charge in [-0.15, -0.1) is 0 Å². The van der Waals surface area contributed by atoms with Crippen molar-refractivity contribution in [1.82, 2.24) is 20.1 Å². The average molecular weight is 618 g/mol.